The number of alkyl halides is 3. The van der Waals surface area contributed by atoms with Gasteiger partial charge in [-0.15, -0.1) is 13.2 Å². The highest BCUT2D eigenvalue weighted by atomic mass is 19.4. The summed E-state index contributed by atoms with van der Waals surface area (Å²) in [4.78, 5) is 14.2. The fourth-order valence-corrected chi connectivity index (χ4v) is 1.19. The molecule has 0 radical (unpaired) electrons. The van der Waals surface area contributed by atoms with Crippen molar-refractivity contribution < 1.29 is 32.5 Å². The maximum Gasteiger partial charge on any atom is 0.573 e. The quantitative estimate of drug-likeness (QED) is 0.848. The van der Waals surface area contributed by atoms with Gasteiger partial charge >= 0.3 is 12.3 Å². The van der Waals surface area contributed by atoms with E-state index in [4.69, 9.17) is 10.8 Å². The van der Waals surface area contributed by atoms with Crippen LogP contribution in [0, 0.1) is 0 Å². The summed E-state index contributed by atoms with van der Waals surface area (Å²) in [5.41, 5.74) is 4.16. The summed E-state index contributed by atoms with van der Waals surface area (Å²) in [6, 6.07) is 1.08. The van der Waals surface area contributed by atoms with Gasteiger partial charge in [0.05, 0.1) is 7.11 Å². The molecule has 9 heteroatoms. The monoisotopic (exact) mass is 266 g/mol. The largest absolute Gasteiger partial charge is 0.573 e. The van der Waals surface area contributed by atoms with Gasteiger partial charge in [-0.25, -0.2) is 9.78 Å². The van der Waals surface area contributed by atoms with Crippen LogP contribution in [0.3, 0.4) is 0 Å². The van der Waals surface area contributed by atoms with E-state index in [0.29, 0.717) is 0 Å². The third-order valence-corrected chi connectivity index (χ3v) is 1.88. The van der Waals surface area contributed by atoms with Crippen molar-refractivity contribution in [3.8, 4) is 11.6 Å². The van der Waals surface area contributed by atoms with Crippen LogP contribution in [0.4, 0.5) is 13.2 Å². The van der Waals surface area contributed by atoms with Crippen molar-refractivity contribution in [3.05, 3.63) is 17.3 Å². The SMILES string of the molecule is COc1cc(CN)c(OC(F)(F)F)c(C(=O)O)n1. The van der Waals surface area contributed by atoms with E-state index in [2.05, 4.69) is 14.5 Å². The van der Waals surface area contributed by atoms with Crippen LogP contribution >= 0.6 is 0 Å². The summed E-state index contributed by atoms with van der Waals surface area (Å²) in [5, 5.41) is 8.80. The van der Waals surface area contributed by atoms with Gasteiger partial charge in [0.1, 0.15) is 0 Å². The molecule has 1 aromatic rings. The Morgan fingerprint density at radius 1 is 1.56 bits per heavy atom. The minimum absolute atomic E-state index is 0.164. The number of ether oxygens (including phenoxy) is 2. The zero-order chi connectivity index (χ0) is 13.9. The van der Waals surface area contributed by atoms with Crippen molar-refractivity contribution in [1.29, 1.82) is 0 Å². The molecule has 0 aliphatic heterocycles. The maximum atomic E-state index is 12.2. The molecule has 1 rings (SSSR count). The number of carbonyl (C=O) groups is 1. The molecule has 0 spiro atoms. The fraction of sp³-hybridized carbons (Fsp3) is 0.333. The first kappa shape index (κ1) is 14.0. The van der Waals surface area contributed by atoms with Crippen LogP contribution in [-0.4, -0.2) is 29.5 Å². The minimum atomic E-state index is -5.04. The Morgan fingerprint density at radius 2 is 2.17 bits per heavy atom. The van der Waals surface area contributed by atoms with E-state index in [1.165, 1.54) is 7.11 Å². The average Bonchev–Trinajstić information content (AvgIpc) is 2.26. The van der Waals surface area contributed by atoms with Gasteiger partial charge in [-0.05, 0) is 0 Å². The van der Waals surface area contributed by atoms with E-state index < -0.39 is 23.8 Å². The number of aromatic carboxylic acids is 1. The number of aromatic nitrogens is 1. The van der Waals surface area contributed by atoms with Crippen LogP contribution in [0.1, 0.15) is 16.1 Å². The van der Waals surface area contributed by atoms with Crippen molar-refractivity contribution in [2.75, 3.05) is 7.11 Å². The Bertz CT molecular complexity index is 462. The number of rotatable bonds is 4. The predicted octanol–water partition coefficient (Wildman–Crippen LogP) is 1.15. The molecule has 0 aliphatic carbocycles. The second-order valence-corrected chi connectivity index (χ2v) is 3.06. The first-order chi connectivity index (χ1) is 8.28. The van der Waals surface area contributed by atoms with E-state index in [-0.39, 0.29) is 18.0 Å². The number of pyridine rings is 1. The van der Waals surface area contributed by atoms with Crippen LogP contribution in [0.15, 0.2) is 6.07 Å². The molecule has 0 atom stereocenters. The Kier molecular flexibility index (Phi) is 3.96. The van der Waals surface area contributed by atoms with Gasteiger partial charge in [0.15, 0.2) is 11.4 Å². The molecule has 0 fully saturated rings. The Morgan fingerprint density at radius 3 is 2.56 bits per heavy atom. The molecule has 3 N–H and O–H groups in total. The van der Waals surface area contributed by atoms with Crippen molar-refractivity contribution >= 4 is 5.97 Å². The Hall–Kier alpha value is -2.03. The van der Waals surface area contributed by atoms with Gasteiger partial charge < -0.3 is 20.3 Å². The predicted molar refractivity (Wildman–Crippen MR) is 52.3 cm³/mol. The first-order valence-corrected chi connectivity index (χ1v) is 4.55. The van der Waals surface area contributed by atoms with Gasteiger partial charge in [0, 0.05) is 18.2 Å². The number of hydrogen-bond acceptors (Lipinski definition) is 5. The molecule has 0 aliphatic rings. The summed E-state index contributed by atoms with van der Waals surface area (Å²) >= 11 is 0. The first-order valence-electron chi connectivity index (χ1n) is 4.55. The molecule has 0 saturated heterocycles. The maximum absolute atomic E-state index is 12.2. The fourth-order valence-electron chi connectivity index (χ4n) is 1.19. The molecule has 0 saturated carbocycles. The molecule has 100 valence electrons. The molecule has 1 aromatic heterocycles. The molecule has 0 bridgehead atoms. The van der Waals surface area contributed by atoms with E-state index >= 15 is 0 Å². The number of carboxylic acid groups (broad SMARTS) is 1. The van der Waals surface area contributed by atoms with Crippen molar-refractivity contribution in [2.45, 2.75) is 12.9 Å². The van der Waals surface area contributed by atoms with Gasteiger partial charge in [-0.3, -0.25) is 0 Å². The Labute approximate surface area is 99.1 Å². The van der Waals surface area contributed by atoms with Crippen molar-refractivity contribution in [2.24, 2.45) is 5.73 Å². The number of methoxy groups -OCH3 is 1. The van der Waals surface area contributed by atoms with Crippen molar-refractivity contribution in [1.82, 2.24) is 4.98 Å². The lowest BCUT2D eigenvalue weighted by molar-refractivity contribution is -0.275. The lowest BCUT2D eigenvalue weighted by Crippen LogP contribution is -2.21. The second-order valence-electron chi connectivity index (χ2n) is 3.06. The molecule has 6 nitrogen and oxygen atoms in total. The second kappa shape index (κ2) is 5.08. The molecule has 0 amide bonds. The highest BCUT2D eigenvalue weighted by Gasteiger charge is 2.35. The molecule has 1 heterocycles. The van der Waals surface area contributed by atoms with E-state index in [1.807, 2.05) is 0 Å². The third kappa shape index (κ3) is 3.23. The molecule has 0 aromatic carbocycles. The molecular formula is C9H9F3N2O4. The summed E-state index contributed by atoms with van der Waals surface area (Å²) in [6.07, 6.45) is -5.04. The Balaban J connectivity index is 3.39. The number of nitrogens with zero attached hydrogens (tertiary/aromatic N) is 1. The lowest BCUT2D eigenvalue weighted by atomic mass is 10.2. The van der Waals surface area contributed by atoms with Crippen LogP contribution < -0.4 is 15.2 Å². The summed E-state index contributed by atoms with van der Waals surface area (Å²) < 4.78 is 44.8. The number of nitrogens with two attached hydrogens (primary N) is 1. The smallest absolute Gasteiger partial charge is 0.481 e. The lowest BCUT2D eigenvalue weighted by Gasteiger charge is -2.15. The molecule has 0 unspecified atom stereocenters. The van der Waals surface area contributed by atoms with Crippen molar-refractivity contribution in [3.63, 3.8) is 0 Å². The van der Waals surface area contributed by atoms with Crippen LogP contribution in [-0.2, 0) is 6.54 Å². The molecule has 18 heavy (non-hydrogen) atoms. The third-order valence-electron chi connectivity index (χ3n) is 1.88. The highest BCUT2D eigenvalue weighted by molar-refractivity contribution is 5.89. The van der Waals surface area contributed by atoms with E-state index in [1.54, 1.807) is 0 Å². The standard InChI is InChI=1S/C9H9F3N2O4/c1-17-5-2-4(3-13)7(18-9(10,11)12)6(14-5)8(15)16/h2H,3,13H2,1H3,(H,15,16). The average molecular weight is 266 g/mol. The van der Waals surface area contributed by atoms with Gasteiger partial charge in [-0.2, -0.15) is 0 Å². The highest BCUT2D eigenvalue weighted by Crippen LogP contribution is 2.31. The summed E-state index contributed by atoms with van der Waals surface area (Å²) in [5.74, 6) is -2.77. The zero-order valence-electron chi connectivity index (χ0n) is 9.11. The molecular weight excluding hydrogens is 257 g/mol. The number of halogens is 3. The summed E-state index contributed by atoms with van der Waals surface area (Å²) in [7, 11) is 1.19. The summed E-state index contributed by atoms with van der Waals surface area (Å²) in [6.45, 7) is -0.357. The van der Waals surface area contributed by atoms with Crippen LogP contribution in [0.2, 0.25) is 0 Å². The van der Waals surface area contributed by atoms with E-state index in [0.717, 1.165) is 6.07 Å². The van der Waals surface area contributed by atoms with Gasteiger partial charge in [0.25, 0.3) is 0 Å². The topological polar surface area (TPSA) is 94.7 Å². The van der Waals surface area contributed by atoms with Gasteiger partial charge in [-0.1, -0.05) is 0 Å². The normalized spacial score (nSPS) is 11.2. The van der Waals surface area contributed by atoms with Gasteiger partial charge in [0.2, 0.25) is 5.88 Å². The zero-order valence-corrected chi connectivity index (χ0v) is 9.11. The number of hydrogen-bond donors (Lipinski definition) is 2. The minimum Gasteiger partial charge on any atom is -0.481 e. The number of carboxylic acids is 1. The van der Waals surface area contributed by atoms with Crippen LogP contribution in [0.5, 0.6) is 11.6 Å². The van der Waals surface area contributed by atoms with Crippen LogP contribution in [0.25, 0.3) is 0 Å². The van der Waals surface area contributed by atoms with E-state index in [9.17, 15) is 18.0 Å².